The molecule has 168 valence electrons. The van der Waals surface area contributed by atoms with Gasteiger partial charge in [0.05, 0.1) is 37.7 Å². The minimum atomic E-state index is -0.181. The van der Waals surface area contributed by atoms with Gasteiger partial charge in [0.25, 0.3) is 0 Å². The molecule has 0 fully saturated rings. The highest BCUT2D eigenvalue weighted by molar-refractivity contribution is 6.31. The number of hydrogen-bond acceptors (Lipinski definition) is 6. The zero-order valence-electron chi connectivity index (χ0n) is 18.7. The minimum Gasteiger partial charge on any atom is -0.469 e. The summed E-state index contributed by atoms with van der Waals surface area (Å²) < 4.78 is 4.26. The smallest absolute Gasteiger partial charge is 0.305 e. The number of amidine groups is 1. The number of fused-ring (bicyclic) bond motifs is 1. The fourth-order valence-electron chi connectivity index (χ4n) is 2.50. The summed E-state index contributed by atoms with van der Waals surface area (Å²) in [6, 6.07) is 11.1. The lowest BCUT2D eigenvalue weighted by Crippen LogP contribution is -2.19. The van der Waals surface area contributed by atoms with E-state index in [1.165, 1.54) is 7.11 Å². The van der Waals surface area contributed by atoms with Gasteiger partial charge in [-0.1, -0.05) is 38.4 Å². The van der Waals surface area contributed by atoms with E-state index in [9.17, 15) is 9.90 Å². The van der Waals surface area contributed by atoms with Crippen LogP contribution in [0.4, 0.5) is 5.69 Å². The quantitative estimate of drug-likeness (QED) is 0.679. The third-order valence-corrected chi connectivity index (χ3v) is 4.20. The van der Waals surface area contributed by atoms with Gasteiger partial charge < -0.3 is 15.2 Å². The lowest BCUT2D eigenvalue weighted by Gasteiger charge is -2.11. The molecule has 1 aliphatic rings. The molecule has 2 heterocycles. The first-order chi connectivity index (χ1) is 15.0. The number of anilines is 1. The molecule has 2 N–H and O–H groups in total. The summed E-state index contributed by atoms with van der Waals surface area (Å²) >= 11 is 6.16. The average molecular weight is 447 g/mol. The number of nitrogens with one attached hydrogen (secondary N) is 1. The van der Waals surface area contributed by atoms with Crippen molar-refractivity contribution in [2.24, 2.45) is 9.98 Å². The van der Waals surface area contributed by atoms with Crippen molar-refractivity contribution in [3.63, 3.8) is 0 Å². The molecule has 1 aromatic carbocycles. The number of halogens is 1. The topological polar surface area (TPSA) is 96.2 Å². The highest BCUT2D eigenvalue weighted by Crippen LogP contribution is 2.25. The Hall–Kier alpha value is -2.77. The van der Waals surface area contributed by atoms with E-state index in [-0.39, 0.29) is 18.6 Å². The van der Waals surface area contributed by atoms with E-state index in [1.54, 1.807) is 13.1 Å². The number of carbonyl (C=O) groups excluding carboxylic acids is 1. The zero-order valence-corrected chi connectivity index (χ0v) is 19.5. The van der Waals surface area contributed by atoms with Gasteiger partial charge in [-0.05, 0) is 37.3 Å². The number of pyridine rings is 1. The summed E-state index contributed by atoms with van der Waals surface area (Å²) in [4.78, 5) is 23.5. The number of aliphatic hydroxyl groups excluding tert-OH is 1. The molecule has 31 heavy (non-hydrogen) atoms. The molecule has 0 bridgehead atoms. The third kappa shape index (κ3) is 8.47. The maximum atomic E-state index is 9.96. The number of aliphatic imine (C=N–C) groups is 2. The van der Waals surface area contributed by atoms with E-state index < -0.39 is 0 Å². The molecule has 3 rings (SSSR count). The van der Waals surface area contributed by atoms with Gasteiger partial charge in [-0.2, -0.15) is 0 Å². The van der Waals surface area contributed by atoms with Crippen molar-refractivity contribution >= 4 is 34.8 Å². The molecule has 1 unspecified atom stereocenters. The first-order valence-corrected chi connectivity index (χ1v) is 10.6. The molecule has 2 aromatic rings. The number of rotatable bonds is 4. The molecule has 1 aromatic heterocycles. The first kappa shape index (κ1) is 26.3. The predicted octanol–water partition coefficient (Wildman–Crippen LogP) is 4.37. The van der Waals surface area contributed by atoms with E-state index >= 15 is 0 Å². The molecule has 0 radical (unpaired) electrons. The molecule has 1 atom stereocenters. The van der Waals surface area contributed by atoms with Gasteiger partial charge in [-0.15, -0.1) is 0 Å². The lowest BCUT2D eigenvalue weighted by atomic mass is 10.0. The number of aliphatic hydroxyl groups is 1. The van der Waals surface area contributed by atoms with Crippen LogP contribution in [0.3, 0.4) is 0 Å². The number of ether oxygens (including phenoxy) is 1. The van der Waals surface area contributed by atoms with Crippen LogP contribution >= 0.6 is 11.6 Å². The fourth-order valence-corrected chi connectivity index (χ4v) is 2.67. The van der Waals surface area contributed by atoms with E-state index in [1.807, 2.05) is 57.2 Å². The lowest BCUT2D eigenvalue weighted by molar-refractivity contribution is -0.140. The summed E-state index contributed by atoms with van der Waals surface area (Å²) in [6.07, 6.45) is 2.21. The summed E-state index contributed by atoms with van der Waals surface area (Å²) in [7, 11) is 1.38. The minimum absolute atomic E-state index is 0.00450. The Morgan fingerprint density at radius 3 is 2.61 bits per heavy atom. The molecule has 8 heteroatoms. The highest BCUT2D eigenvalue weighted by atomic mass is 35.5. The highest BCUT2D eigenvalue weighted by Gasteiger charge is 2.18. The Morgan fingerprint density at radius 1 is 1.32 bits per heavy atom. The van der Waals surface area contributed by atoms with Gasteiger partial charge in [0.2, 0.25) is 0 Å². The average Bonchev–Trinajstić information content (AvgIpc) is 2.99. The Bertz CT molecular complexity index is 880. The van der Waals surface area contributed by atoms with Crippen LogP contribution in [-0.4, -0.2) is 53.9 Å². The van der Waals surface area contributed by atoms with Crippen molar-refractivity contribution < 1.29 is 14.6 Å². The summed E-state index contributed by atoms with van der Waals surface area (Å²) in [6.45, 7) is 8.00. The number of carbonyl (C=O) groups is 1. The number of esters is 1. The van der Waals surface area contributed by atoms with Crippen molar-refractivity contribution in [2.75, 3.05) is 25.6 Å². The Morgan fingerprint density at radius 2 is 2.06 bits per heavy atom. The fraction of sp³-hybridized carbons (Fsp3) is 0.391. The second-order valence-corrected chi connectivity index (χ2v) is 6.67. The summed E-state index contributed by atoms with van der Waals surface area (Å²) in [5, 5.41) is 13.1. The monoisotopic (exact) mass is 446 g/mol. The molecule has 0 amide bonds. The van der Waals surface area contributed by atoms with Crippen molar-refractivity contribution in [3.05, 3.63) is 58.9 Å². The van der Waals surface area contributed by atoms with Gasteiger partial charge in [0.1, 0.15) is 5.84 Å². The van der Waals surface area contributed by atoms with Gasteiger partial charge in [-0.3, -0.25) is 19.8 Å². The van der Waals surface area contributed by atoms with Gasteiger partial charge >= 0.3 is 5.97 Å². The molecule has 0 aliphatic carbocycles. The van der Waals surface area contributed by atoms with Crippen molar-refractivity contribution in [1.82, 2.24) is 4.98 Å². The maximum Gasteiger partial charge on any atom is 0.305 e. The molecule has 7 nitrogen and oxygen atoms in total. The van der Waals surface area contributed by atoms with Crippen molar-refractivity contribution in [3.8, 4) is 0 Å². The van der Waals surface area contributed by atoms with Crippen LogP contribution in [-0.2, 0) is 9.53 Å². The maximum absolute atomic E-state index is 9.96. The Labute approximate surface area is 189 Å². The Kier molecular flexibility index (Phi) is 12.1. The van der Waals surface area contributed by atoms with Crippen LogP contribution in [0.1, 0.15) is 45.4 Å². The van der Waals surface area contributed by atoms with E-state index in [0.29, 0.717) is 23.8 Å². The largest absolute Gasteiger partial charge is 0.469 e. The van der Waals surface area contributed by atoms with Crippen LogP contribution in [0.2, 0.25) is 5.02 Å². The number of benzodiazepines with no additional fused rings is 1. The number of aromatic nitrogens is 1. The van der Waals surface area contributed by atoms with Crippen molar-refractivity contribution in [1.29, 1.82) is 0 Å². The molecular weight excluding hydrogens is 416 g/mol. The first-order valence-electron chi connectivity index (χ1n) is 10.3. The van der Waals surface area contributed by atoms with Crippen LogP contribution < -0.4 is 5.32 Å². The van der Waals surface area contributed by atoms with Gasteiger partial charge in [0, 0.05) is 28.9 Å². The van der Waals surface area contributed by atoms with Gasteiger partial charge in [0.15, 0.2) is 0 Å². The normalized spacial score (nSPS) is 14.3. The molecule has 1 aliphatic heterocycles. The van der Waals surface area contributed by atoms with Crippen molar-refractivity contribution in [2.45, 2.75) is 40.2 Å². The van der Waals surface area contributed by atoms with E-state index in [2.05, 4.69) is 25.0 Å². The molecular formula is C23H31ClN4O3. The zero-order chi connectivity index (χ0) is 23.2. The Balaban J connectivity index is 0.000000521. The SMILES string of the molecule is CC.CC(CO)N=C1CN=C(c2ccccn2)c2cc(Cl)ccc2N1.CCC(=O)OC. The van der Waals surface area contributed by atoms with Crippen LogP contribution in [0.5, 0.6) is 0 Å². The number of hydrogen-bond donors (Lipinski definition) is 2. The van der Waals surface area contributed by atoms with Crippen LogP contribution in [0, 0.1) is 0 Å². The molecule has 0 spiro atoms. The van der Waals surface area contributed by atoms with Gasteiger partial charge in [-0.25, -0.2) is 0 Å². The second kappa shape index (κ2) is 14.3. The third-order valence-electron chi connectivity index (χ3n) is 3.97. The summed E-state index contributed by atoms with van der Waals surface area (Å²) in [5.41, 5.74) is 3.32. The predicted molar refractivity (Wildman–Crippen MR) is 127 cm³/mol. The van der Waals surface area contributed by atoms with Crippen LogP contribution in [0.15, 0.2) is 52.6 Å². The molecule has 0 saturated carbocycles. The standard InChI is InChI=1S/C17H17ClN4O.C4H8O2.C2H6/c1-11(10-23)21-16-9-20-17(15-4-2-3-7-19-15)13-8-12(18)5-6-14(13)22-16;1-3-4(5)6-2;1-2/h2-8,11,23H,9-10H2,1H3,(H,21,22);3H2,1-2H3;1-2H3. The number of nitrogens with zero attached hydrogens (tertiary/aromatic N) is 3. The second-order valence-electron chi connectivity index (χ2n) is 6.23. The van der Waals surface area contributed by atoms with E-state index in [4.69, 9.17) is 11.6 Å². The van der Waals surface area contributed by atoms with E-state index in [0.717, 1.165) is 22.7 Å². The molecule has 0 saturated heterocycles. The number of benzene rings is 1. The summed E-state index contributed by atoms with van der Waals surface area (Å²) in [5.74, 6) is 0.552. The number of methoxy groups -OCH3 is 1. The van der Waals surface area contributed by atoms with Crippen LogP contribution in [0.25, 0.3) is 0 Å².